The Morgan fingerprint density at radius 2 is 2.21 bits per heavy atom. The average molecular weight is 276 g/mol. The molecule has 5 nitrogen and oxygen atoms in total. The molecule has 100 valence electrons. The molecule has 0 spiro atoms. The largest absolute Gasteiger partial charge is 0.368 e. The number of aromatic amines is 1. The first kappa shape index (κ1) is 13.6. The topological polar surface area (TPSA) is 83.8 Å². The van der Waals surface area contributed by atoms with Crippen LogP contribution in [0.15, 0.2) is 47.9 Å². The van der Waals surface area contributed by atoms with E-state index in [9.17, 15) is 4.79 Å². The van der Waals surface area contributed by atoms with Crippen molar-refractivity contribution in [1.29, 1.82) is 0 Å². The third-order valence-electron chi connectivity index (χ3n) is 3.01. The number of imidazole rings is 1. The second-order valence-electron chi connectivity index (χ2n) is 4.07. The number of rotatable bonds is 6. The Hall–Kier alpha value is -1.79. The van der Waals surface area contributed by atoms with Crippen LogP contribution in [0.5, 0.6) is 0 Å². The number of nitrogens with two attached hydrogens (primary N) is 1. The van der Waals surface area contributed by atoms with Gasteiger partial charge in [0.25, 0.3) is 0 Å². The molecule has 0 aliphatic carbocycles. The third kappa shape index (κ3) is 2.80. The number of carbonyl (C=O) groups excluding carboxylic acids is 1. The molecular weight excluding hydrogens is 260 g/mol. The highest BCUT2D eigenvalue weighted by Gasteiger charge is 2.37. The molecule has 4 N–H and O–H groups in total. The van der Waals surface area contributed by atoms with Crippen LogP contribution in [0.1, 0.15) is 5.56 Å². The molecule has 0 aliphatic rings. The highest BCUT2D eigenvalue weighted by Crippen LogP contribution is 2.27. The van der Waals surface area contributed by atoms with Crippen LogP contribution in [0.2, 0.25) is 0 Å². The van der Waals surface area contributed by atoms with Crippen molar-refractivity contribution < 1.29 is 4.79 Å². The molecule has 0 saturated heterocycles. The van der Waals surface area contributed by atoms with Crippen molar-refractivity contribution in [3.8, 4) is 0 Å². The minimum atomic E-state index is -0.904. The summed E-state index contributed by atoms with van der Waals surface area (Å²) in [7, 11) is 1.74. The number of aromatic nitrogens is 2. The van der Waals surface area contributed by atoms with Gasteiger partial charge in [-0.25, -0.2) is 4.98 Å². The zero-order valence-corrected chi connectivity index (χ0v) is 11.4. The number of carbonyl (C=O) groups is 1. The summed E-state index contributed by atoms with van der Waals surface area (Å²) in [5.74, 6) is 0.0661. The molecule has 2 aromatic rings. The molecular formula is C13H16N4OS. The lowest BCUT2D eigenvalue weighted by Gasteiger charge is -2.30. The van der Waals surface area contributed by atoms with Crippen LogP contribution in [0.3, 0.4) is 0 Å². The van der Waals surface area contributed by atoms with Gasteiger partial charge in [-0.1, -0.05) is 42.1 Å². The third-order valence-corrected chi connectivity index (χ3v) is 4.09. The van der Waals surface area contributed by atoms with Gasteiger partial charge in [0.1, 0.15) is 5.54 Å². The highest BCUT2D eigenvalue weighted by molar-refractivity contribution is 7.99. The van der Waals surface area contributed by atoms with E-state index in [1.807, 2.05) is 30.3 Å². The smallest absolute Gasteiger partial charge is 0.243 e. The fourth-order valence-electron chi connectivity index (χ4n) is 1.87. The molecule has 0 saturated carbocycles. The lowest BCUT2D eigenvalue weighted by atomic mass is 9.91. The first-order valence-corrected chi connectivity index (χ1v) is 6.84. The number of nitrogens with zero attached hydrogens (tertiary/aromatic N) is 1. The number of likely N-dealkylation sites (N-methyl/N-ethyl adjacent to an activating group) is 1. The average Bonchev–Trinajstić information content (AvgIpc) is 2.94. The van der Waals surface area contributed by atoms with E-state index in [1.165, 1.54) is 11.8 Å². The van der Waals surface area contributed by atoms with Gasteiger partial charge in [0.15, 0.2) is 5.16 Å². The van der Waals surface area contributed by atoms with Crippen LogP contribution < -0.4 is 11.1 Å². The maximum Gasteiger partial charge on any atom is 0.243 e. The van der Waals surface area contributed by atoms with Crippen LogP contribution >= 0.6 is 11.8 Å². The summed E-state index contributed by atoms with van der Waals surface area (Å²) in [4.78, 5) is 19.1. The van der Waals surface area contributed by atoms with Gasteiger partial charge < -0.3 is 16.0 Å². The van der Waals surface area contributed by atoms with Crippen molar-refractivity contribution in [2.24, 2.45) is 5.73 Å². The normalized spacial score (nSPS) is 13.9. The lowest BCUT2D eigenvalue weighted by Crippen LogP contribution is -2.53. The van der Waals surface area contributed by atoms with Crippen LogP contribution in [0.25, 0.3) is 0 Å². The molecule has 1 aromatic carbocycles. The number of primary amides is 1. The van der Waals surface area contributed by atoms with E-state index in [1.54, 1.807) is 19.4 Å². The predicted molar refractivity (Wildman–Crippen MR) is 75.7 cm³/mol. The number of amides is 1. The lowest BCUT2D eigenvalue weighted by molar-refractivity contribution is -0.123. The summed E-state index contributed by atoms with van der Waals surface area (Å²) in [6, 6.07) is 9.47. The second-order valence-corrected chi connectivity index (χ2v) is 5.03. The van der Waals surface area contributed by atoms with E-state index < -0.39 is 11.4 Å². The summed E-state index contributed by atoms with van der Waals surface area (Å²) in [6.07, 6.45) is 3.42. The minimum absolute atomic E-state index is 0.403. The molecule has 1 amide bonds. The summed E-state index contributed by atoms with van der Waals surface area (Å²) >= 11 is 1.45. The van der Waals surface area contributed by atoms with Crippen molar-refractivity contribution in [2.75, 3.05) is 12.8 Å². The molecule has 0 aliphatic heterocycles. The van der Waals surface area contributed by atoms with Gasteiger partial charge in [-0.05, 0) is 12.6 Å². The van der Waals surface area contributed by atoms with Gasteiger partial charge in [0.2, 0.25) is 5.91 Å². The van der Waals surface area contributed by atoms with E-state index in [2.05, 4.69) is 15.3 Å². The number of H-pyrrole nitrogens is 1. The monoisotopic (exact) mass is 276 g/mol. The molecule has 2 rings (SSSR count). The Bertz CT molecular complexity index is 529. The first-order valence-electron chi connectivity index (χ1n) is 5.85. The van der Waals surface area contributed by atoms with Gasteiger partial charge in [0, 0.05) is 18.1 Å². The summed E-state index contributed by atoms with van der Waals surface area (Å²) in [6.45, 7) is 0. The Balaban J connectivity index is 2.27. The first-order chi connectivity index (χ1) is 9.19. The van der Waals surface area contributed by atoms with Crippen LogP contribution in [-0.2, 0) is 10.3 Å². The Labute approximate surface area is 116 Å². The molecule has 0 radical (unpaired) electrons. The second kappa shape index (κ2) is 5.90. The van der Waals surface area contributed by atoms with Crippen LogP contribution in [0, 0.1) is 0 Å². The Morgan fingerprint density at radius 3 is 2.74 bits per heavy atom. The molecule has 0 bridgehead atoms. The number of benzene rings is 1. The van der Waals surface area contributed by atoms with Crippen molar-refractivity contribution in [3.63, 3.8) is 0 Å². The highest BCUT2D eigenvalue weighted by atomic mass is 32.2. The molecule has 1 heterocycles. The molecule has 1 unspecified atom stereocenters. The van der Waals surface area contributed by atoms with E-state index in [4.69, 9.17) is 5.73 Å². The summed E-state index contributed by atoms with van der Waals surface area (Å²) in [5.41, 5.74) is 5.56. The van der Waals surface area contributed by atoms with Crippen molar-refractivity contribution in [3.05, 3.63) is 48.3 Å². The molecule has 19 heavy (non-hydrogen) atoms. The maximum atomic E-state index is 11.9. The quantitative estimate of drug-likeness (QED) is 0.690. The Morgan fingerprint density at radius 1 is 1.47 bits per heavy atom. The zero-order valence-electron chi connectivity index (χ0n) is 10.6. The molecule has 0 fully saturated rings. The fraction of sp³-hybridized carbons (Fsp3) is 0.231. The number of nitrogens with one attached hydrogen (secondary N) is 2. The maximum absolute atomic E-state index is 11.9. The standard InChI is InChI=1S/C13H16N4OS/c1-15-13(11(14)18,10-5-3-2-4-6-10)9-19-12-16-7-8-17-12/h2-8,15H,9H2,1H3,(H2,14,18)(H,16,17). The molecule has 1 atom stereocenters. The van der Waals surface area contributed by atoms with E-state index in [-0.39, 0.29) is 0 Å². The molecule has 1 aromatic heterocycles. The van der Waals surface area contributed by atoms with Crippen LogP contribution in [-0.4, -0.2) is 28.7 Å². The van der Waals surface area contributed by atoms with Crippen molar-refractivity contribution in [1.82, 2.24) is 15.3 Å². The van der Waals surface area contributed by atoms with Gasteiger partial charge in [-0.15, -0.1) is 0 Å². The number of hydrogen-bond donors (Lipinski definition) is 3. The van der Waals surface area contributed by atoms with E-state index >= 15 is 0 Å². The predicted octanol–water partition coefficient (Wildman–Crippen LogP) is 1.10. The molecule has 6 heteroatoms. The van der Waals surface area contributed by atoms with Crippen molar-refractivity contribution in [2.45, 2.75) is 10.7 Å². The fourth-order valence-corrected chi connectivity index (χ4v) is 2.96. The Kier molecular flexibility index (Phi) is 4.24. The van der Waals surface area contributed by atoms with E-state index in [0.29, 0.717) is 5.75 Å². The number of thioether (sulfide) groups is 1. The van der Waals surface area contributed by atoms with Crippen LogP contribution in [0.4, 0.5) is 0 Å². The zero-order chi connectivity index (χ0) is 13.7. The minimum Gasteiger partial charge on any atom is -0.368 e. The summed E-state index contributed by atoms with van der Waals surface area (Å²) < 4.78 is 0. The van der Waals surface area contributed by atoms with Gasteiger partial charge in [0.05, 0.1) is 0 Å². The van der Waals surface area contributed by atoms with Gasteiger partial charge in [-0.2, -0.15) is 0 Å². The SMILES string of the molecule is CNC(CSc1ncc[nH]1)(C(N)=O)c1ccccc1. The summed E-state index contributed by atoms with van der Waals surface area (Å²) in [5, 5.41) is 3.82. The van der Waals surface area contributed by atoms with Crippen molar-refractivity contribution >= 4 is 17.7 Å². The van der Waals surface area contributed by atoms with E-state index in [0.717, 1.165) is 10.7 Å². The van der Waals surface area contributed by atoms with Gasteiger partial charge in [-0.3, -0.25) is 4.79 Å². The number of hydrogen-bond acceptors (Lipinski definition) is 4. The van der Waals surface area contributed by atoms with Gasteiger partial charge >= 0.3 is 0 Å².